The van der Waals surface area contributed by atoms with Crippen molar-refractivity contribution < 1.29 is 9.47 Å². The van der Waals surface area contributed by atoms with E-state index in [0.29, 0.717) is 6.61 Å². The molecule has 1 atom stereocenters. The van der Waals surface area contributed by atoms with Gasteiger partial charge in [0, 0.05) is 39.9 Å². The van der Waals surface area contributed by atoms with E-state index < -0.39 is 0 Å². The van der Waals surface area contributed by atoms with Gasteiger partial charge in [-0.1, -0.05) is 19.3 Å². The fourth-order valence-corrected chi connectivity index (χ4v) is 2.33. The molecule has 1 saturated carbocycles. The summed E-state index contributed by atoms with van der Waals surface area (Å²) in [5, 5.41) is 7.00. The molecule has 4 nitrogen and oxygen atoms in total. The quantitative estimate of drug-likeness (QED) is 0.597. The minimum atomic E-state index is 0.162. The lowest BCUT2D eigenvalue weighted by molar-refractivity contribution is 0.0291. The molecule has 102 valence electrons. The van der Waals surface area contributed by atoms with Crippen molar-refractivity contribution >= 4 is 0 Å². The maximum atomic E-state index is 5.28. The predicted molar refractivity (Wildman–Crippen MR) is 70.4 cm³/mol. The van der Waals surface area contributed by atoms with Crippen LogP contribution in [0.25, 0.3) is 0 Å². The fourth-order valence-electron chi connectivity index (χ4n) is 2.33. The van der Waals surface area contributed by atoms with E-state index in [9.17, 15) is 0 Å². The molecule has 1 fully saturated rings. The first-order valence-corrected chi connectivity index (χ1v) is 6.82. The average Bonchev–Trinajstić information content (AvgIpc) is 2.38. The highest BCUT2D eigenvalue weighted by Crippen LogP contribution is 2.16. The molecular formula is C13H28N2O2. The Labute approximate surface area is 105 Å². The van der Waals surface area contributed by atoms with Gasteiger partial charge in [0.05, 0.1) is 12.7 Å². The Balaban J connectivity index is 1.92. The largest absolute Gasteiger partial charge is 0.382 e. The Kier molecular flexibility index (Phi) is 8.61. The molecule has 0 spiro atoms. The van der Waals surface area contributed by atoms with E-state index in [1.54, 1.807) is 14.2 Å². The molecule has 1 unspecified atom stereocenters. The minimum absolute atomic E-state index is 0.162. The first-order valence-electron chi connectivity index (χ1n) is 6.82. The van der Waals surface area contributed by atoms with E-state index in [0.717, 1.165) is 25.7 Å². The van der Waals surface area contributed by atoms with Gasteiger partial charge in [0.25, 0.3) is 0 Å². The summed E-state index contributed by atoms with van der Waals surface area (Å²) in [5.41, 5.74) is 0. The van der Waals surface area contributed by atoms with Crippen molar-refractivity contribution in [3.05, 3.63) is 0 Å². The average molecular weight is 244 g/mol. The maximum Gasteiger partial charge on any atom is 0.0928 e. The highest BCUT2D eigenvalue weighted by atomic mass is 16.5. The second kappa shape index (κ2) is 9.83. The lowest BCUT2D eigenvalue weighted by atomic mass is 9.95. The van der Waals surface area contributed by atoms with E-state index in [2.05, 4.69) is 10.6 Å². The first-order chi connectivity index (χ1) is 8.36. The van der Waals surface area contributed by atoms with Crippen LogP contribution in [-0.2, 0) is 9.47 Å². The minimum Gasteiger partial charge on any atom is -0.382 e. The summed E-state index contributed by atoms with van der Waals surface area (Å²) in [6.07, 6.45) is 7.07. The number of methoxy groups -OCH3 is 2. The number of ether oxygens (including phenoxy) is 2. The molecule has 0 aliphatic heterocycles. The van der Waals surface area contributed by atoms with Gasteiger partial charge >= 0.3 is 0 Å². The van der Waals surface area contributed by atoms with Crippen LogP contribution in [0.5, 0.6) is 0 Å². The molecule has 0 bridgehead atoms. The summed E-state index contributed by atoms with van der Waals surface area (Å²) >= 11 is 0. The lowest BCUT2D eigenvalue weighted by Crippen LogP contribution is -2.39. The van der Waals surface area contributed by atoms with Gasteiger partial charge in [-0.3, -0.25) is 0 Å². The number of rotatable bonds is 9. The maximum absolute atomic E-state index is 5.28. The third-order valence-electron chi connectivity index (χ3n) is 3.40. The topological polar surface area (TPSA) is 42.5 Å². The van der Waals surface area contributed by atoms with Crippen molar-refractivity contribution in [2.75, 3.05) is 40.5 Å². The van der Waals surface area contributed by atoms with Gasteiger partial charge in [0.15, 0.2) is 0 Å². The Morgan fingerprint density at radius 1 is 1.12 bits per heavy atom. The van der Waals surface area contributed by atoms with Gasteiger partial charge < -0.3 is 20.1 Å². The summed E-state index contributed by atoms with van der Waals surface area (Å²) in [7, 11) is 3.43. The van der Waals surface area contributed by atoms with E-state index in [-0.39, 0.29) is 6.10 Å². The van der Waals surface area contributed by atoms with Crippen LogP contribution in [0, 0.1) is 0 Å². The van der Waals surface area contributed by atoms with Crippen LogP contribution in [0.15, 0.2) is 0 Å². The zero-order valence-electron chi connectivity index (χ0n) is 11.3. The van der Waals surface area contributed by atoms with Gasteiger partial charge in [-0.2, -0.15) is 0 Å². The van der Waals surface area contributed by atoms with Gasteiger partial charge in [0.1, 0.15) is 0 Å². The summed E-state index contributed by atoms with van der Waals surface area (Å²) in [5.74, 6) is 0. The third-order valence-corrected chi connectivity index (χ3v) is 3.40. The molecule has 1 aliphatic rings. The molecule has 0 radical (unpaired) electrons. The van der Waals surface area contributed by atoms with Crippen molar-refractivity contribution in [1.82, 2.24) is 10.6 Å². The zero-order chi connectivity index (χ0) is 12.3. The van der Waals surface area contributed by atoms with E-state index in [1.807, 2.05) is 0 Å². The third kappa shape index (κ3) is 6.99. The molecule has 0 heterocycles. The Morgan fingerprint density at radius 3 is 2.53 bits per heavy atom. The molecular weight excluding hydrogens is 216 g/mol. The van der Waals surface area contributed by atoms with Crippen molar-refractivity contribution in [3.63, 3.8) is 0 Å². The van der Waals surface area contributed by atoms with Crippen molar-refractivity contribution in [3.8, 4) is 0 Å². The van der Waals surface area contributed by atoms with Crippen molar-refractivity contribution in [2.45, 2.75) is 44.2 Å². The first kappa shape index (κ1) is 14.9. The molecule has 17 heavy (non-hydrogen) atoms. The normalized spacial score (nSPS) is 19.4. The van der Waals surface area contributed by atoms with Crippen molar-refractivity contribution in [2.24, 2.45) is 0 Å². The van der Waals surface area contributed by atoms with Crippen LogP contribution in [0.3, 0.4) is 0 Å². The van der Waals surface area contributed by atoms with E-state index in [4.69, 9.17) is 9.47 Å². The second-order valence-electron chi connectivity index (χ2n) is 4.81. The second-order valence-corrected chi connectivity index (χ2v) is 4.81. The van der Waals surface area contributed by atoms with Crippen LogP contribution in [-0.4, -0.2) is 52.6 Å². The van der Waals surface area contributed by atoms with Crippen molar-refractivity contribution in [1.29, 1.82) is 0 Å². The lowest BCUT2D eigenvalue weighted by Gasteiger charge is -2.23. The van der Waals surface area contributed by atoms with E-state index >= 15 is 0 Å². The van der Waals surface area contributed by atoms with Crippen LogP contribution in [0.1, 0.15) is 32.1 Å². The highest BCUT2D eigenvalue weighted by molar-refractivity contribution is 4.72. The number of hydrogen-bond donors (Lipinski definition) is 2. The highest BCUT2D eigenvalue weighted by Gasteiger charge is 2.11. The molecule has 0 aromatic rings. The predicted octanol–water partition coefficient (Wildman–Crippen LogP) is 1.16. The van der Waals surface area contributed by atoms with Gasteiger partial charge in [0.2, 0.25) is 0 Å². The van der Waals surface area contributed by atoms with Crippen LogP contribution in [0.4, 0.5) is 0 Å². The molecule has 0 amide bonds. The Bertz CT molecular complexity index is 166. The summed E-state index contributed by atoms with van der Waals surface area (Å²) in [4.78, 5) is 0. The summed E-state index contributed by atoms with van der Waals surface area (Å²) < 4.78 is 10.3. The SMILES string of the molecule is COCC(CNCCNC1CCCCC1)OC. The van der Waals surface area contributed by atoms with Crippen LogP contribution < -0.4 is 10.6 Å². The van der Waals surface area contributed by atoms with Crippen LogP contribution >= 0.6 is 0 Å². The van der Waals surface area contributed by atoms with Gasteiger partial charge in [-0.25, -0.2) is 0 Å². The van der Waals surface area contributed by atoms with Gasteiger partial charge in [-0.05, 0) is 12.8 Å². The zero-order valence-corrected chi connectivity index (χ0v) is 11.3. The van der Waals surface area contributed by atoms with Gasteiger partial charge in [-0.15, -0.1) is 0 Å². The summed E-state index contributed by atoms with van der Waals surface area (Å²) in [6, 6.07) is 0.753. The number of hydrogen-bond acceptors (Lipinski definition) is 4. The monoisotopic (exact) mass is 244 g/mol. The Hall–Kier alpha value is -0.160. The molecule has 4 heteroatoms. The fraction of sp³-hybridized carbons (Fsp3) is 1.00. The van der Waals surface area contributed by atoms with E-state index in [1.165, 1.54) is 32.1 Å². The molecule has 2 N–H and O–H groups in total. The molecule has 0 aromatic carbocycles. The number of nitrogens with one attached hydrogen (secondary N) is 2. The molecule has 1 rings (SSSR count). The Morgan fingerprint density at radius 2 is 1.88 bits per heavy atom. The summed E-state index contributed by atoms with van der Waals surface area (Å²) in [6.45, 7) is 3.56. The van der Waals surface area contributed by atoms with Crippen LogP contribution in [0.2, 0.25) is 0 Å². The molecule has 1 aliphatic carbocycles. The smallest absolute Gasteiger partial charge is 0.0928 e. The standard InChI is InChI=1S/C13H28N2O2/c1-16-11-13(17-2)10-14-8-9-15-12-6-4-3-5-7-12/h12-15H,3-11H2,1-2H3. The molecule has 0 aromatic heterocycles. The molecule has 0 saturated heterocycles.